The van der Waals surface area contributed by atoms with Gasteiger partial charge in [0.2, 0.25) is 5.88 Å². The highest BCUT2D eigenvalue weighted by Crippen LogP contribution is 2.19. The van der Waals surface area contributed by atoms with Crippen molar-refractivity contribution in [3.63, 3.8) is 0 Å². The Morgan fingerprint density at radius 1 is 1.20 bits per heavy atom. The monoisotopic (exact) mass is 270 g/mol. The first kappa shape index (κ1) is 13.0. The molecule has 104 valence electrons. The van der Waals surface area contributed by atoms with E-state index in [1.807, 2.05) is 18.3 Å². The molecule has 3 heterocycles. The second-order valence-electron chi connectivity index (χ2n) is 5.07. The van der Waals surface area contributed by atoms with Gasteiger partial charge in [-0.2, -0.15) is 0 Å². The Balaban J connectivity index is 1.45. The number of pyridine rings is 1. The molecular formula is C15H18N4O. The molecule has 1 fully saturated rings. The van der Waals surface area contributed by atoms with Gasteiger partial charge in [-0.1, -0.05) is 6.07 Å². The summed E-state index contributed by atoms with van der Waals surface area (Å²) in [5.74, 6) is 1.16. The van der Waals surface area contributed by atoms with Gasteiger partial charge >= 0.3 is 0 Å². The minimum absolute atomic E-state index is 0.556. The average Bonchev–Trinajstić information content (AvgIpc) is 2.95. The van der Waals surface area contributed by atoms with Crippen molar-refractivity contribution in [1.29, 1.82) is 0 Å². The van der Waals surface area contributed by atoms with Gasteiger partial charge in [0.1, 0.15) is 0 Å². The van der Waals surface area contributed by atoms with Crippen LogP contribution < -0.4 is 4.74 Å². The molecule has 5 heteroatoms. The van der Waals surface area contributed by atoms with Gasteiger partial charge < -0.3 is 4.74 Å². The molecule has 0 spiro atoms. The van der Waals surface area contributed by atoms with Crippen molar-refractivity contribution in [2.75, 3.05) is 19.7 Å². The Hall–Kier alpha value is -2.01. The molecule has 0 N–H and O–H groups in total. The van der Waals surface area contributed by atoms with E-state index in [4.69, 9.17) is 4.74 Å². The molecule has 20 heavy (non-hydrogen) atoms. The quantitative estimate of drug-likeness (QED) is 0.829. The Bertz CT molecular complexity index is 520. The van der Waals surface area contributed by atoms with Crippen molar-refractivity contribution >= 4 is 0 Å². The SMILES string of the molecule is c1ccc(CN2CCC(COc3cnccn3)C2)nc1. The molecule has 1 aliphatic rings. The van der Waals surface area contributed by atoms with E-state index in [0.717, 1.165) is 31.7 Å². The first-order valence-corrected chi connectivity index (χ1v) is 6.91. The van der Waals surface area contributed by atoms with Crippen LogP contribution in [0.15, 0.2) is 43.0 Å². The molecule has 2 aromatic heterocycles. The third kappa shape index (κ3) is 3.51. The van der Waals surface area contributed by atoms with Crippen LogP contribution in [-0.4, -0.2) is 39.5 Å². The van der Waals surface area contributed by atoms with Gasteiger partial charge in [0.05, 0.1) is 18.5 Å². The Morgan fingerprint density at radius 3 is 3.00 bits per heavy atom. The maximum atomic E-state index is 5.67. The Labute approximate surface area is 118 Å². The smallest absolute Gasteiger partial charge is 0.232 e. The van der Waals surface area contributed by atoms with E-state index in [2.05, 4.69) is 25.9 Å². The average molecular weight is 270 g/mol. The molecule has 1 saturated heterocycles. The number of hydrogen-bond acceptors (Lipinski definition) is 5. The molecule has 1 unspecified atom stereocenters. The van der Waals surface area contributed by atoms with Gasteiger partial charge in [-0.15, -0.1) is 0 Å². The van der Waals surface area contributed by atoms with Crippen LogP contribution in [0.4, 0.5) is 0 Å². The number of rotatable bonds is 5. The van der Waals surface area contributed by atoms with Crippen LogP contribution in [0.5, 0.6) is 5.88 Å². The van der Waals surface area contributed by atoms with Gasteiger partial charge in [0, 0.05) is 37.6 Å². The largest absolute Gasteiger partial charge is 0.476 e. The number of likely N-dealkylation sites (tertiary alicyclic amines) is 1. The van der Waals surface area contributed by atoms with Crippen LogP contribution in [0, 0.1) is 5.92 Å². The van der Waals surface area contributed by atoms with Gasteiger partial charge in [-0.25, -0.2) is 4.98 Å². The van der Waals surface area contributed by atoms with Crippen molar-refractivity contribution in [3.05, 3.63) is 48.7 Å². The molecule has 1 atom stereocenters. The van der Waals surface area contributed by atoms with E-state index in [9.17, 15) is 0 Å². The van der Waals surface area contributed by atoms with E-state index >= 15 is 0 Å². The second kappa shape index (κ2) is 6.43. The molecule has 0 saturated carbocycles. The topological polar surface area (TPSA) is 51.1 Å². The summed E-state index contributed by atoms with van der Waals surface area (Å²) < 4.78 is 5.67. The third-order valence-corrected chi connectivity index (χ3v) is 3.49. The molecule has 2 aromatic rings. The second-order valence-corrected chi connectivity index (χ2v) is 5.07. The fourth-order valence-electron chi connectivity index (χ4n) is 2.48. The maximum Gasteiger partial charge on any atom is 0.232 e. The minimum Gasteiger partial charge on any atom is -0.476 e. The van der Waals surface area contributed by atoms with Crippen LogP contribution in [-0.2, 0) is 6.54 Å². The lowest BCUT2D eigenvalue weighted by atomic mass is 10.1. The standard InChI is InChI=1S/C15H18N4O/c1-2-5-17-14(3-1)11-19-8-4-13(10-19)12-20-15-9-16-6-7-18-15/h1-3,5-7,9,13H,4,8,10-12H2. The van der Waals surface area contributed by atoms with Crippen molar-refractivity contribution in [2.45, 2.75) is 13.0 Å². The first-order chi connectivity index (χ1) is 9.90. The highest BCUT2D eigenvalue weighted by atomic mass is 16.5. The van der Waals surface area contributed by atoms with Gasteiger partial charge in [-0.3, -0.25) is 14.9 Å². The summed E-state index contributed by atoms with van der Waals surface area (Å²) >= 11 is 0. The zero-order valence-corrected chi connectivity index (χ0v) is 11.4. The molecule has 5 nitrogen and oxygen atoms in total. The normalized spacial score (nSPS) is 19.1. The molecular weight excluding hydrogens is 252 g/mol. The van der Waals surface area contributed by atoms with E-state index < -0.39 is 0 Å². The number of hydrogen-bond donors (Lipinski definition) is 0. The summed E-state index contributed by atoms with van der Waals surface area (Å²) in [7, 11) is 0. The van der Waals surface area contributed by atoms with E-state index in [-0.39, 0.29) is 0 Å². The van der Waals surface area contributed by atoms with E-state index in [1.54, 1.807) is 18.6 Å². The fourth-order valence-corrected chi connectivity index (χ4v) is 2.48. The summed E-state index contributed by atoms with van der Waals surface area (Å²) in [5, 5.41) is 0. The third-order valence-electron chi connectivity index (χ3n) is 3.49. The molecule has 0 radical (unpaired) electrons. The lowest BCUT2D eigenvalue weighted by Gasteiger charge is -2.15. The Kier molecular flexibility index (Phi) is 4.18. The molecule has 0 aliphatic carbocycles. The summed E-state index contributed by atoms with van der Waals surface area (Å²) in [6, 6.07) is 6.06. The van der Waals surface area contributed by atoms with Crippen LogP contribution in [0.3, 0.4) is 0 Å². The van der Waals surface area contributed by atoms with Crippen LogP contribution >= 0.6 is 0 Å². The maximum absolute atomic E-state index is 5.67. The summed E-state index contributed by atoms with van der Waals surface area (Å²) in [6.07, 6.45) is 7.96. The Morgan fingerprint density at radius 2 is 2.20 bits per heavy atom. The molecule has 3 rings (SSSR count). The van der Waals surface area contributed by atoms with Gasteiger partial charge in [0.15, 0.2) is 0 Å². The van der Waals surface area contributed by atoms with Crippen molar-refractivity contribution in [1.82, 2.24) is 19.9 Å². The highest BCUT2D eigenvalue weighted by Gasteiger charge is 2.23. The zero-order valence-electron chi connectivity index (χ0n) is 11.4. The van der Waals surface area contributed by atoms with Crippen molar-refractivity contribution in [3.8, 4) is 5.88 Å². The molecule has 0 amide bonds. The van der Waals surface area contributed by atoms with E-state index in [0.29, 0.717) is 18.4 Å². The predicted molar refractivity (Wildman–Crippen MR) is 75.1 cm³/mol. The number of aromatic nitrogens is 3. The molecule has 0 aromatic carbocycles. The van der Waals surface area contributed by atoms with Crippen LogP contribution in [0.2, 0.25) is 0 Å². The lowest BCUT2D eigenvalue weighted by molar-refractivity contribution is 0.230. The van der Waals surface area contributed by atoms with Crippen LogP contribution in [0.25, 0.3) is 0 Å². The fraction of sp³-hybridized carbons (Fsp3) is 0.400. The van der Waals surface area contributed by atoms with Crippen molar-refractivity contribution in [2.24, 2.45) is 5.92 Å². The zero-order chi connectivity index (χ0) is 13.6. The van der Waals surface area contributed by atoms with Crippen LogP contribution in [0.1, 0.15) is 12.1 Å². The minimum atomic E-state index is 0.556. The molecule has 1 aliphatic heterocycles. The summed E-state index contributed by atoms with van der Waals surface area (Å²) in [5.41, 5.74) is 1.13. The summed E-state index contributed by atoms with van der Waals surface area (Å²) in [4.78, 5) is 14.9. The predicted octanol–water partition coefficient (Wildman–Crippen LogP) is 1.77. The molecule has 0 bridgehead atoms. The van der Waals surface area contributed by atoms with Crippen molar-refractivity contribution < 1.29 is 4.74 Å². The first-order valence-electron chi connectivity index (χ1n) is 6.91. The summed E-state index contributed by atoms with van der Waals surface area (Å²) in [6.45, 7) is 3.78. The number of ether oxygens (including phenoxy) is 1. The van der Waals surface area contributed by atoms with Gasteiger partial charge in [-0.05, 0) is 25.1 Å². The highest BCUT2D eigenvalue weighted by molar-refractivity contribution is 5.04. The van der Waals surface area contributed by atoms with Gasteiger partial charge in [0.25, 0.3) is 0 Å². The lowest BCUT2D eigenvalue weighted by Crippen LogP contribution is -2.22. The number of nitrogens with zero attached hydrogens (tertiary/aromatic N) is 4. The van der Waals surface area contributed by atoms with E-state index in [1.165, 1.54) is 0 Å².